The molecular formula is C17H21ClN2O4S. The van der Waals surface area contributed by atoms with E-state index in [1.807, 2.05) is 0 Å². The summed E-state index contributed by atoms with van der Waals surface area (Å²) in [5.41, 5.74) is 0.767. The molecule has 2 atom stereocenters. The van der Waals surface area contributed by atoms with Crippen molar-refractivity contribution < 1.29 is 17.9 Å². The van der Waals surface area contributed by atoms with E-state index in [0.29, 0.717) is 16.3 Å². The molecule has 0 unspecified atom stereocenters. The number of piperidine rings is 1. The number of hydrogen-bond donors (Lipinski definition) is 0. The molecule has 3 heterocycles. The lowest BCUT2D eigenvalue weighted by Gasteiger charge is -2.36. The first-order valence-electron chi connectivity index (χ1n) is 8.73. The van der Waals surface area contributed by atoms with Gasteiger partial charge in [0.15, 0.2) is 0 Å². The van der Waals surface area contributed by atoms with Crippen LogP contribution in [0.5, 0.6) is 0 Å². The number of ether oxygens (including phenoxy) is 1. The fourth-order valence-corrected chi connectivity index (χ4v) is 6.41. The van der Waals surface area contributed by atoms with Crippen LogP contribution in [0.1, 0.15) is 43.7 Å². The Morgan fingerprint density at radius 3 is 2.72 bits per heavy atom. The lowest BCUT2D eigenvalue weighted by molar-refractivity contribution is 0.0687. The highest BCUT2D eigenvalue weighted by atomic mass is 35.5. The van der Waals surface area contributed by atoms with Gasteiger partial charge in [-0.3, -0.25) is 0 Å². The minimum atomic E-state index is -3.57. The maximum atomic E-state index is 13.0. The molecule has 0 bridgehead atoms. The fraction of sp³-hybridized carbons (Fsp3) is 0.588. The summed E-state index contributed by atoms with van der Waals surface area (Å²) in [5.74, 6) is 0. The van der Waals surface area contributed by atoms with E-state index in [2.05, 4.69) is 0 Å². The predicted molar refractivity (Wildman–Crippen MR) is 93.0 cm³/mol. The topological polar surface area (TPSA) is 66.9 Å². The number of benzene rings is 1. The van der Waals surface area contributed by atoms with E-state index in [0.717, 1.165) is 44.3 Å². The van der Waals surface area contributed by atoms with Crippen LogP contribution in [0.15, 0.2) is 23.1 Å². The molecule has 3 aliphatic heterocycles. The summed E-state index contributed by atoms with van der Waals surface area (Å²) in [6.45, 7) is 1.54. The van der Waals surface area contributed by atoms with Gasteiger partial charge in [-0.15, -0.1) is 0 Å². The van der Waals surface area contributed by atoms with Gasteiger partial charge >= 0.3 is 6.09 Å². The number of likely N-dealkylation sites (tertiary alicyclic amines) is 1. The van der Waals surface area contributed by atoms with Gasteiger partial charge in [0, 0.05) is 18.1 Å². The molecule has 1 aromatic rings. The molecule has 1 amide bonds. The van der Waals surface area contributed by atoms with Crippen LogP contribution in [0.4, 0.5) is 4.79 Å². The highest BCUT2D eigenvalue weighted by Gasteiger charge is 2.48. The summed E-state index contributed by atoms with van der Waals surface area (Å²) in [5, 5.41) is 0.540. The van der Waals surface area contributed by atoms with Crippen molar-refractivity contribution in [3.05, 3.63) is 28.8 Å². The van der Waals surface area contributed by atoms with Crippen molar-refractivity contribution in [1.82, 2.24) is 9.21 Å². The number of nitrogens with zero attached hydrogens (tertiary/aromatic N) is 2. The molecule has 0 spiro atoms. The van der Waals surface area contributed by atoms with E-state index in [1.54, 1.807) is 23.1 Å². The Balaban J connectivity index is 1.54. The molecule has 1 aromatic carbocycles. The minimum Gasteiger partial charge on any atom is -0.448 e. The molecule has 4 rings (SSSR count). The monoisotopic (exact) mass is 384 g/mol. The summed E-state index contributed by atoms with van der Waals surface area (Å²) >= 11 is 6.07. The third-order valence-electron chi connectivity index (χ3n) is 5.33. The number of rotatable bonds is 2. The number of amides is 1. The maximum absolute atomic E-state index is 13.0. The zero-order chi connectivity index (χ0) is 17.6. The lowest BCUT2D eigenvalue weighted by atomic mass is 9.94. The van der Waals surface area contributed by atoms with Crippen LogP contribution in [0.25, 0.3) is 0 Å². The first-order valence-corrected chi connectivity index (χ1v) is 10.5. The van der Waals surface area contributed by atoms with Gasteiger partial charge in [-0.05, 0) is 55.9 Å². The Bertz CT molecular complexity index is 792. The molecular weight excluding hydrogens is 364 g/mol. The van der Waals surface area contributed by atoms with Crippen molar-refractivity contribution in [2.75, 3.05) is 19.7 Å². The Morgan fingerprint density at radius 1 is 1.20 bits per heavy atom. The largest absolute Gasteiger partial charge is 0.448 e. The predicted octanol–water partition coefficient (Wildman–Crippen LogP) is 3.17. The molecule has 0 radical (unpaired) electrons. The number of halogens is 1. The average Bonchev–Trinajstić information content (AvgIpc) is 3.19. The summed E-state index contributed by atoms with van der Waals surface area (Å²) in [6, 6.07) is 4.42. The van der Waals surface area contributed by atoms with Crippen molar-refractivity contribution in [1.29, 1.82) is 0 Å². The molecule has 0 N–H and O–H groups in total. The summed E-state index contributed by atoms with van der Waals surface area (Å²) < 4.78 is 32.9. The average molecular weight is 385 g/mol. The van der Waals surface area contributed by atoms with Crippen molar-refractivity contribution in [3.63, 3.8) is 0 Å². The number of hydrogen-bond acceptors (Lipinski definition) is 4. The van der Waals surface area contributed by atoms with Crippen LogP contribution in [-0.2, 0) is 14.8 Å². The smallest absolute Gasteiger partial charge is 0.409 e. The Hall–Kier alpha value is -1.31. The van der Waals surface area contributed by atoms with Gasteiger partial charge in [0.05, 0.1) is 17.0 Å². The second kappa shape index (κ2) is 6.45. The molecule has 2 fully saturated rings. The van der Waals surface area contributed by atoms with Crippen molar-refractivity contribution >= 4 is 27.7 Å². The number of fused-ring (bicyclic) bond motifs is 3. The molecule has 3 aliphatic rings. The minimum absolute atomic E-state index is 0.104. The molecule has 0 aromatic heterocycles. The summed E-state index contributed by atoms with van der Waals surface area (Å²) in [7, 11) is -3.57. The first-order chi connectivity index (χ1) is 12.0. The van der Waals surface area contributed by atoms with E-state index < -0.39 is 10.0 Å². The van der Waals surface area contributed by atoms with Gasteiger partial charge in [0.25, 0.3) is 0 Å². The van der Waals surface area contributed by atoms with E-state index in [4.69, 9.17) is 16.3 Å². The normalized spacial score (nSPS) is 27.8. The number of carbonyl (C=O) groups excluding carboxylic acids is 1. The zero-order valence-electron chi connectivity index (χ0n) is 13.9. The van der Waals surface area contributed by atoms with E-state index in [9.17, 15) is 13.2 Å². The van der Waals surface area contributed by atoms with Gasteiger partial charge in [0.2, 0.25) is 10.0 Å². The maximum Gasteiger partial charge on any atom is 0.409 e. The van der Waals surface area contributed by atoms with Crippen molar-refractivity contribution in [2.45, 2.75) is 49.1 Å². The number of sulfonamides is 1. The molecule has 0 saturated carbocycles. The van der Waals surface area contributed by atoms with Gasteiger partial charge in [-0.25, -0.2) is 13.2 Å². The van der Waals surface area contributed by atoms with Crippen LogP contribution in [0.2, 0.25) is 5.02 Å². The second-order valence-corrected chi connectivity index (χ2v) is 9.14. The molecule has 0 aliphatic carbocycles. The van der Waals surface area contributed by atoms with Crippen LogP contribution < -0.4 is 0 Å². The van der Waals surface area contributed by atoms with Gasteiger partial charge in [-0.2, -0.15) is 4.31 Å². The quantitative estimate of drug-likeness (QED) is 0.785. The van der Waals surface area contributed by atoms with Crippen molar-refractivity contribution in [3.8, 4) is 0 Å². The second-order valence-electron chi connectivity index (χ2n) is 6.89. The Kier molecular flexibility index (Phi) is 4.42. The third-order valence-corrected chi connectivity index (χ3v) is 7.60. The molecule has 2 saturated heterocycles. The van der Waals surface area contributed by atoms with Crippen LogP contribution in [-0.4, -0.2) is 49.5 Å². The highest BCUT2D eigenvalue weighted by molar-refractivity contribution is 7.89. The molecule has 6 nitrogen and oxygen atoms in total. The lowest BCUT2D eigenvalue weighted by Crippen LogP contribution is -2.45. The van der Waals surface area contributed by atoms with Gasteiger partial charge < -0.3 is 9.64 Å². The number of carbonyl (C=O) groups is 1. The van der Waals surface area contributed by atoms with E-state index >= 15 is 0 Å². The Morgan fingerprint density at radius 2 is 1.96 bits per heavy atom. The van der Waals surface area contributed by atoms with E-state index in [1.165, 1.54) is 4.31 Å². The SMILES string of the molecule is O=C(OC[C@H]1CCC[C@H]2c3cc(Cl)ccc3S(=O)(=O)N12)N1CCCC1. The molecule has 8 heteroatoms. The van der Waals surface area contributed by atoms with Crippen LogP contribution >= 0.6 is 11.6 Å². The Labute approximate surface area is 152 Å². The van der Waals surface area contributed by atoms with E-state index in [-0.39, 0.29) is 24.8 Å². The highest BCUT2D eigenvalue weighted by Crippen LogP contribution is 2.47. The third kappa shape index (κ3) is 2.92. The molecule has 25 heavy (non-hydrogen) atoms. The van der Waals surface area contributed by atoms with Crippen LogP contribution in [0, 0.1) is 0 Å². The zero-order valence-corrected chi connectivity index (χ0v) is 15.4. The summed E-state index contributed by atoms with van der Waals surface area (Å²) in [6.07, 6.45) is 4.02. The van der Waals surface area contributed by atoms with Gasteiger partial charge in [-0.1, -0.05) is 11.6 Å². The van der Waals surface area contributed by atoms with Gasteiger partial charge in [0.1, 0.15) is 6.61 Å². The van der Waals surface area contributed by atoms with Crippen molar-refractivity contribution in [2.24, 2.45) is 0 Å². The molecule has 136 valence electrons. The standard InChI is InChI=1S/C17H21ClN2O4S/c18-12-6-7-16-14(10-12)15-5-3-4-13(20(15)25(16,22)23)11-24-17(21)19-8-1-2-9-19/h6-7,10,13,15H,1-5,8-9,11H2/t13-,15+/m1/s1. The first kappa shape index (κ1) is 17.1. The fourth-order valence-electron chi connectivity index (χ4n) is 4.16. The van der Waals surface area contributed by atoms with Crippen LogP contribution in [0.3, 0.4) is 0 Å². The summed E-state index contributed by atoms with van der Waals surface area (Å²) in [4.78, 5) is 14.1.